The Morgan fingerprint density at radius 2 is 2.10 bits per heavy atom. The Balaban J connectivity index is 2.69. The molecular weight excluding hydrogens is 266 g/mol. The number of nitrogens with zero attached hydrogens (tertiary/aromatic N) is 2. The van der Waals surface area contributed by atoms with Crippen molar-refractivity contribution in [3.63, 3.8) is 0 Å². The number of aliphatic hydroxyl groups excluding tert-OH is 1. The summed E-state index contributed by atoms with van der Waals surface area (Å²) in [6.07, 6.45) is 1.38. The Morgan fingerprint density at radius 3 is 2.62 bits per heavy atom. The van der Waals surface area contributed by atoms with Crippen LogP contribution in [0.2, 0.25) is 0 Å². The molecule has 0 aromatic carbocycles. The van der Waals surface area contributed by atoms with E-state index >= 15 is 0 Å². The number of aromatic nitrogens is 1. The SMILES string of the molecule is COCC(O)CN(C)c1ncc(CNC(C)(C)C)cc1C. The molecule has 21 heavy (non-hydrogen) atoms. The largest absolute Gasteiger partial charge is 0.389 e. The molecule has 1 rings (SSSR count). The van der Waals surface area contributed by atoms with Gasteiger partial charge in [0.25, 0.3) is 0 Å². The third-order valence-corrected chi connectivity index (χ3v) is 3.14. The Kier molecular flexibility index (Phi) is 6.58. The van der Waals surface area contributed by atoms with Crippen molar-refractivity contribution in [3.8, 4) is 0 Å². The molecule has 0 amide bonds. The van der Waals surface area contributed by atoms with E-state index in [1.165, 1.54) is 0 Å². The van der Waals surface area contributed by atoms with Crippen LogP contribution in [-0.4, -0.2) is 49.0 Å². The van der Waals surface area contributed by atoms with Gasteiger partial charge in [-0.3, -0.25) is 0 Å². The maximum Gasteiger partial charge on any atom is 0.131 e. The summed E-state index contributed by atoms with van der Waals surface area (Å²) in [4.78, 5) is 6.48. The molecule has 1 aromatic heterocycles. The molecule has 0 saturated heterocycles. The Bertz CT molecular complexity index is 444. The van der Waals surface area contributed by atoms with Gasteiger partial charge in [-0.15, -0.1) is 0 Å². The number of anilines is 1. The molecule has 1 heterocycles. The molecule has 0 aliphatic carbocycles. The van der Waals surface area contributed by atoms with E-state index in [9.17, 15) is 5.11 Å². The summed E-state index contributed by atoms with van der Waals surface area (Å²) in [6.45, 7) is 10.1. The summed E-state index contributed by atoms with van der Waals surface area (Å²) in [5, 5.41) is 13.2. The normalized spacial score (nSPS) is 13.3. The molecule has 0 aliphatic heterocycles. The third kappa shape index (κ3) is 6.42. The van der Waals surface area contributed by atoms with Crippen molar-refractivity contribution in [3.05, 3.63) is 23.4 Å². The highest BCUT2D eigenvalue weighted by atomic mass is 16.5. The zero-order valence-electron chi connectivity index (χ0n) is 14.1. The maximum absolute atomic E-state index is 9.80. The molecular formula is C16H29N3O2. The minimum absolute atomic E-state index is 0.0909. The summed E-state index contributed by atoms with van der Waals surface area (Å²) >= 11 is 0. The lowest BCUT2D eigenvalue weighted by Gasteiger charge is -2.24. The molecule has 0 bridgehead atoms. The second-order valence-corrected chi connectivity index (χ2v) is 6.58. The number of aliphatic hydroxyl groups is 1. The molecule has 1 aromatic rings. The van der Waals surface area contributed by atoms with Crippen LogP contribution < -0.4 is 10.2 Å². The minimum Gasteiger partial charge on any atom is -0.389 e. The van der Waals surface area contributed by atoms with Crippen LogP contribution in [0.1, 0.15) is 31.9 Å². The lowest BCUT2D eigenvalue weighted by molar-refractivity contribution is 0.0694. The predicted molar refractivity (Wildman–Crippen MR) is 86.7 cm³/mol. The van der Waals surface area contributed by atoms with Gasteiger partial charge >= 0.3 is 0 Å². The van der Waals surface area contributed by atoms with E-state index in [2.05, 4.69) is 37.1 Å². The number of likely N-dealkylation sites (N-methyl/N-ethyl adjacent to an activating group) is 1. The Morgan fingerprint density at radius 1 is 1.43 bits per heavy atom. The van der Waals surface area contributed by atoms with E-state index < -0.39 is 6.10 Å². The quantitative estimate of drug-likeness (QED) is 0.802. The zero-order chi connectivity index (χ0) is 16.0. The molecule has 0 aliphatic rings. The number of pyridine rings is 1. The summed E-state index contributed by atoms with van der Waals surface area (Å²) in [6, 6.07) is 2.14. The van der Waals surface area contributed by atoms with Gasteiger partial charge in [-0.2, -0.15) is 0 Å². The van der Waals surface area contributed by atoms with Crippen LogP contribution >= 0.6 is 0 Å². The number of hydrogen-bond donors (Lipinski definition) is 2. The first-order valence-corrected chi connectivity index (χ1v) is 7.31. The Hall–Kier alpha value is -1.17. The number of methoxy groups -OCH3 is 1. The monoisotopic (exact) mass is 295 g/mol. The van der Waals surface area contributed by atoms with E-state index in [-0.39, 0.29) is 5.54 Å². The number of rotatable bonds is 7. The fourth-order valence-electron chi connectivity index (χ4n) is 2.14. The summed E-state index contributed by atoms with van der Waals surface area (Å²) in [5.74, 6) is 0.893. The molecule has 1 unspecified atom stereocenters. The minimum atomic E-state index is -0.511. The van der Waals surface area contributed by atoms with Gasteiger partial charge in [0.2, 0.25) is 0 Å². The van der Waals surface area contributed by atoms with Crippen molar-refractivity contribution < 1.29 is 9.84 Å². The summed E-state index contributed by atoms with van der Waals surface area (Å²) in [7, 11) is 3.52. The van der Waals surface area contributed by atoms with E-state index in [1.807, 2.05) is 25.1 Å². The van der Waals surface area contributed by atoms with Crippen LogP contribution in [0.15, 0.2) is 12.3 Å². The van der Waals surface area contributed by atoms with Crippen molar-refractivity contribution in [2.24, 2.45) is 0 Å². The van der Waals surface area contributed by atoms with Crippen LogP contribution in [0.3, 0.4) is 0 Å². The van der Waals surface area contributed by atoms with Crippen LogP contribution in [0, 0.1) is 6.92 Å². The van der Waals surface area contributed by atoms with Gasteiger partial charge in [-0.1, -0.05) is 0 Å². The van der Waals surface area contributed by atoms with Gasteiger partial charge in [0.1, 0.15) is 5.82 Å². The number of aryl methyl sites for hydroxylation is 1. The molecule has 0 fully saturated rings. The van der Waals surface area contributed by atoms with Gasteiger partial charge in [-0.25, -0.2) is 4.98 Å². The first kappa shape index (κ1) is 17.9. The van der Waals surface area contributed by atoms with Crippen molar-refractivity contribution in [1.82, 2.24) is 10.3 Å². The van der Waals surface area contributed by atoms with Crippen LogP contribution in [0.4, 0.5) is 5.82 Å². The van der Waals surface area contributed by atoms with Crippen LogP contribution in [0.5, 0.6) is 0 Å². The van der Waals surface area contributed by atoms with Gasteiger partial charge in [0.05, 0.1) is 12.7 Å². The van der Waals surface area contributed by atoms with E-state index in [0.717, 1.165) is 23.5 Å². The second-order valence-electron chi connectivity index (χ2n) is 6.58. The number of ether oxygens (including phenoxy) is 1. The molecule has 120 valence electrons. The number of hydrogen-bond acceptors (Lipinski definition) is 5. The molecule has 5 nitrogen and oxygen atoms in total. The highest BCUT2D eigenvalue weighted by molar-refractivity contribution is 5.46. The van der Waals surface area contributed by atoms with Crippen molar-refractivity contribution >= 4 is 5.82 Å². The van der Waals surface area contributed by atoms with Crippen LogP contribution in [-0.2, 0) is 11.3 Å². The van der Waals surface area contributed by atoms with Crippen LogP contribution in [0.25, 0.3) is 0 Å². The highest BCUT2D eigenvalue weighted by Crippen LogP contribution is 2.17. The van der Waals surface area contributed by atoms with Gasteiger partial charge < -0.3 is 20.1 Å². The predicted octanol–water partition coefficient (Wildman–Crippen LogP) is 1.72. The lowest BCUT2D eigenvalue weighted by Crippen LogP contribution is -2.35. The summed E-state index contributed by atoms with van der Waals surface area (Å²) in [5.41, 5.74) is 2.36. The van der Waals surface area contributed by atoms with E-state index in [4.69, 9.17) is 4.74 Å². The smallest absolute Gasteiger partial charge is 0.131 e. The summed E-state index contributed by atoms with van der Waals surface area (Å²) < 4.78 is 4.95. The fourth-order valence-corrected chi connectivity index (χ4v) is 2.14. The second kappa shape index (κ2) is 7.73. The molecule has 5 heteroatoms. The lowest BCUT2D eigenvalue weighted by atomic mass is 10.1. The van der Waals surface area contributed by atoms with E-state index in [0.29, 0.717) is 13.2 Å². The average molecular weight is 295 g/mol. The first-order valence-electron chi connectivity index (χ1n) is 7.31. The zero-order valence-corrected chi connectivity index (χ0v) is 14.1. The Labute approximate surface area is 128 Å². The third-order valence-electron chi connectivity index (χ3n) is 3.14. The van der Waals surface area contributed by atoms with Gasteiger partial charge in [0, 0.05) is 39.0 Å². The standard InChI is InChI=1S/C16H29N3O2/c1-12-7-13(9-18-16(2,3)4)8-17-15(12)19(5)10-14(20)11-21-6/h7-8,14,18,20H,9-11H2,1-6H3. The molecule has 0 spiro atoms. The van der Waals surface area contributed by atoms with Gasteiger partial charge in [-0.05, 0) is 44.9 Å². The molecule has 0 saturated carbocycles. The van der Waals surface area contributed by atoms with E-state index in [1.54, 1.807) is 7.11 Å². The first-order chi connectivity index (χ1) is 9.73. The van der Waals surface area contributed by atoms with Crippen molar-refractivity contribution in [1.29, 1.82) is 0 Å². The van der Waals surface area contributed by atoms with Crippen molar-refractivity contribution in [2.45, 2.75) is 45.9 Å². The topological polar surface area (TPSA) is 57.6 Å². The fraction of sp³-hybridized carbons (Fsp3) is 0.688. The number of nitrogens with one attached hydrogen (secondary N) is 1. The maximum atomic E-state index is 9.80. The van der Waals surface area contributed by atoms with Gasteiger partial charge in [0.15, 0.2) is 0 Å². The average Bonchev–Trinajstić information content (AvgIpc) is 2.35. The molecule has 1 atom stereocenters. The molecule has 0 radical (unpaired) electrons. The van der Waals surface area contributed by atoms with Crippen molar-refractivity contribution in [2.75, 3.05) is 32.2 Å². The molecule has 2 N–H and O–H groups in total. The highest BCUT2D eigenvalue weighted by Gasteiger charge is 2.13.